The predicted molar refractivity (Wildman–Crippen MR) is 74.1 cm³/mol. The van der Waals surface area contributed by atoms with Crippen LogP contribution in [0.4, 0.5) is 0 Å². The van der Waals surface area contributed by atoms with Crippen molar-refractivity contribution in [2.75, 3.05) is 13.7 Å². The molecule has 0 aliphatic rings. The summed E-state index contributed by atoms with van der Waals surface area (Å²) in [5.41, 5.74) is 0.845. The summed E-state index contributed by atoms with van der Waals surface area (Å²) in [5, 5.41) is 0. The fraction of sp³-hybridized carbons (Fsp3) is 0.250. The minimum atomic E-state index is -0.360. The monoisotopic (exact) mass is 362 g/mol. The number of carbonyl (C=O) groups is 1. The maximum absolute atomic E-state index is 11.2. The second-order valence-electron chi connectivity index (χ2n) is 3.09. The summed E-state index contributed by atoms with van der Waals surface area (Å²) >= 11 is 6.79. The molecule has 3 nitrogen and oxygen atoms in total. The quantitative estimate of drug-likeness (QED) is 0.603. The van der Waals surface area contributed by atoms with E-state index in [9.17, 15) is 4.79 Å². The summed E-state index contributed by atoms with van der Waals surface area (Å²) in [6.07, 6.45) is 3.06. The Bertz CT molecular complexity index is 442. The Morgan fingerprint density at radius 3 is 2.65 bits per heavy atom. The molecule has 0 atom stereocenters. The van der Waals surface area contributed by atoms with E-state index in [2.05, 4.69) is 31.9 Å². The van der Waals surface area contributed by atoms with Crippen molar-refractivity contribution in [3.8, 4) is 5.75 Å². The van der Waals surface area contributed by atoms with Crippen LogP contribution in [-0.2, 0) is 9.53 Å². The third kappa shape index (κ3) is 4.16. The molecule has 0 saturated heterocycles. The molecule has 5 heteroatoms. The van der Waals surface area contributed by atoms with Crippen molar-refractivity contribution in [1.29, 1.82) is 0 Å². The lowest BCUT2D eigenvalue weighted by atomic mass is 10.2. The van der Waals surface area contributed by atoms with Crippen molar-refractivity contribution in [1.82, 2.24) is 0 Å². The first-order valence-corrected chi connectivity index (χ1v) is 6.55. The highest BCUT2D eigenvalue weighted by atomic mass is 79.9. The van der Waals surface area contributed by atoms with Gasteiger partial charge in [-0.1, -0.05) is 15.9 Å². The van der Waals surface area contributed by atoms with E-state index in [0.29, 0.717) is 12.4 Å². The van der Waals surface area contributed by atoms with Gasteiger partial charge in [-0.25, -0.2) is 4.79 Å². The van der Waals surface area contributed by atoms with E-state index in [1.807, 2.05) is 12.1 Å². The minimum Gasteiger partial charge on any atom is -0.496 e. The molecule has 0 fully saturated rings. The predicted octanol–water partition coefficient (Wildman–Crippen LogP) is 3.80. The number of ether oxygens (including phenoxy) is 2. The summed E-state index contributed by atoms with van der Waals surface area (Å²) in [6, 6.07) is 3.69. The van der Waals surface area contributed by atoms with Gasteiger partial charge in [-0.3, -0.25) is 0 Å². The molecule has 0 aliphatic heterocycles. The minimum absolute atomic E-state index is 0.360. The van der Waals surface area contributed by atoms with Crippen LogP contribution in [-0.4, -0.2) is 19.7 Å². The highest BCUT2D eigenvalue weighted by Crippen LogP contribution is 2.32. The number of esters is 1. The fourth-order valence-corrected chi connectivity index (χ4v) is 2.47. The molecular formula is C12H12Br2O3. The Labute approximate surface area is 117 Å². The molecule has 1 aromatic carbocycles. The number of benzene rings is 1. The van der Waals surface area contributed by atoms with Gasteiger partial charge >= 0.3 is 5.97 Å². The molecule has 0 unspecified atom stereocenters. The Morgan fingerprint density at radius 1 is 1.35 bits per heavy atom. The van der Waals surface area contributed by atoms with E-state index in [4.69, 9.17) is 9.47 Å². The first kappa shape index (κ1) is 14.3. The summed E-state index contributed by atoms with van der Waals surface area (Å²) in [6.45, 7) is 2.14. The first-order valence-electron chi connectivity index (χ1n) is 4.96. The second-order valence-corrected chi connectivity index (χ2v) is 4.80. The van der Waals surface area contributed by atoms with Crippen molar-refractivity contribution >= 4 is 43.9 Å². The Hall–Kier alpha value is -0.810. The topological polar surface area (TPSA) is 35.5 Å². The van der Waals surface area contributed by atoms with E-state index in [0.717, 1.165) is 14.5 Å². The van der Waals surface area contributed by atoms with Crippen LogP contribution in [0, 0.1) is 0 Å². The molecule has 1 aromatic rings. The number of halogens is 2. The molecule has 0 amide bonds. The maximum atomic E-state index is 11.2. The van der Waals surface area contributed by atoms with Crippen molar-refractivity contribution in [3.63, 3.8) is 0 Å². The van der Waals surface area contributed by atoms with Gasteiger partial charge in [0.25, 0.3) is 0 Å². The van der Waals surface area contributed by atoms with Crippen LogP contribution >= 0.6 is 31.9 Å². The van der Waals surface area contributed by atoms with Crippen LogP contribution in [0.1, 0.15) is 12.5 Å². The number of hydrogen-bond acceptors (Lipinski definition) is 3. The van der Waals surface area contributed by atoms with Gasteiger partial charge in [0.2, 0.25) is 0 Å². The lowest BCUT2D eigenvalue weighted by molar-refractivity contribution is -0.137. The molecule has 92 valence electrons. The normalized spacial score (nSPS) is 10.6. The number of hydrogen-bond donors (Lipinski definition) is 0. The number of rotatable bonds is 4. The lowest BCUT2D eigenvalue weighted by Crippen LogP contribution is -1.98. The maximum Gasteiger partial charge on any atom is 0.330 e. The molecule has 0 N–H and O–H groups in total. The fourth-order valence-electron chi connectivity index (χ4n) is 1.18. The average molecular weight is 364 g/mol. The van der Waals surface area contributed by atoms with Gasteiger partial charge < -0.3 is 9.47 Å². The van der Waals surface area contributed by atoms with Crippen LogP contribution in [0.25, 0.3) is 6.08 Å². The second kappa shape index (κ2) is 6.81. The van der Waals surface area contributed by atoms with Crippen LogP contribution in [0.5, 0.6) is 5.75 Å². The third-order valence-electron chi connectivity index (χ3n) is 1.96. The van der Waals surface area contributed by atoms with Crippen LogP contribution in [0.15, 0.2) is 27.2 Å². The molecule has 0 radical (unpaired) electrons. The van der Waals surface area contributed by atoms with Crippen molar-refractivity contribution in [3.05, 3.63) is 32.7 Å². The van der Waals surface area contributed by atoms with Crippen LogP contribution in [0.3, 0.4) is 0 Å². The smallest absolute Gasteiger partial charge is 0.330 e. The molecule has 0 aromatic heterocycles. The first-order chi connectivity index (χ1) is 8.08. The van der Waals surface area contributed by atoms with Crippen LogP contribution in [0.2, 0.25) is 0 Å². The summed E-state index contributed by atoms with van der Waals surface area (Å²) in [7, 11) is 1.59. The van der Waals surface area contributed by atoms with Crippen molar-refractivity contribution in [2.45, 2.75) is 6.92 Å². The zero-order valence-electron chi connectivity index (χ0n) is 9.50. The number of methoxy groups -OCH3 is 1. The molecule has 0 saturated carbocycles. The average Bonchev–Trinajstić information content (AvgIpc) is 2.28. The van der Waals surface area contributed by atoms with E-state index in [1.165, 1.54) is 6.08 Å². The third-order valence-corrected chi connectivity index (χ3v) is 3.26. The van der Waals surface area contributed by atoms with E-state index in [1.54, 1.807) is 20.1 Å². The molecule has 17 heavy (non-hydrogen) atoms. The van der Waals surface area contributed by atoms with Crippen molar-refractivity contribution in [2.24, 2.45) is 0 Å². The molecule has 0 aliphatic carbocycles. The van der Waals surface area contributed by atoms with Crippen molar-refractivity contribution < 1.29 is 14.3 Å². The van der Waals surface area contributed by atoms with Gasteiger partial charge in [-0.15, -0.1) is 0 Å². The molecule has 0 spiro atoms. The van der Waals surface area contributed by atoms with Crippen LogP contribution < -0.4 is 4.74 Å². The van der Waals surface area contributed by atoms with E-state index < -0.39 is 0 Å². The van der Waals surface area contributed by atoms with Gasteiger partial charge in [0.1, 0.15) is 5.75 Å². The summed E-state index contributed by atoms with van der Waals surface area (Å²) in [5.74, 6) is 0.345. The standard InChI is InChI=1S/C12H12Br2O3/c1-3-17-12(15)5-4-8-6-11(16-2)10(14)7-9(8)13/h4-7H,3H2,1-2H3/b5-4-. The zero-order chi connectivity index (χ0) is 12.8. The SMILES string of the molecule is CCOC(=O)/C=C\c1cc(OC)c(Br)cc1Br. The van der Waals surface area contributed by atoms with Gasteiger partial charge in [0.15, 0.2) is 0 Å². The Balaban J connectivity index is 2.94. The summed E-state index contributed by atoms with van der Waals surface area (Å²) in [4.78, 5) is 11.2. The zero-order valence-corrected chi connectivity index (χ0v) is 12.7. The van der Waals surface area contributed by atoms with E-state index >= 15 is 0 Å². The largest absolute Gasteiger partial charge is 0.496 e. The highest BCUT2D eigenvalue weighted by molar-refractivity contribution is 9.11. The molecular weight excluding hydrogens is 352 g/mol. The van der Waals surface area contributed by atoms with Gasteiger partial charge in [-0.2, -0.15) is 0 Å². The van der Waals surface area contributed by atoms with Gasteiger partial charge in [0.05, 0.1) is 18.2 Å². The lowest BCUT2D eigenvalue weighted by Gasteiger charge is -2.06. The highest BCUT2D eigenvalue weighted by Gasteiger charge is 2.05. The van der Waals surface area contributed by atoms with Gasteiger partial charge in [-0.05, 0) is 46.6 Å². The van der Waals surface area contributed by atoms with Gasteiger partial charge in [0, 0.05) is 10.5 Å². The molecule has 1 rings (SSSR count). The molecule has 0 heterocycles. The molecule has 0 bridgehead atoms. The summed E-state index contributed by atoms with van der Waals surface area (Å²) < 4.78 is 11.7. The van der Waals surface area contributed by atoms with E-state index in [-0.39, 0.29) is 5.97 Å². The Kier molecular flexibility index (Phi) is 5.71. The number of carbonyl (C=O) groups excluding carboxylic acids is 1. The Morgan fingerprint density at radius 2 is 2.06 bits per heavy atom.